The van der Waals surface area contributed by atoms with E-state index in [9.17, 15) is 15.5 Å². The molecule has 2 N–H and O–H groups in total. The molecule has 3 aromatic rings. The molecule has 6 nitrogen and oxygen atoms in total. The molecule has 0 aliphatic heterocycles. The van der Waals surface area contributed by atoms with Crippen molar-refractivity contribution < 1.29 is 23.8 Å². The van der Waals surface area contributed by atoms with Crippen LogP contribution in [-0.4, -0.2) is 57.9 Å². The lowest BCUT2D eigenvalue weighted by Crippen LogP contribution is -2.66. The Morgan fingerprint density at radius 3 is 1.67 bits per heavy atom. The van der Waals surface area contributed by atoms with Crippen molar-refractivity contribution in [2.45, 2.75) is 129 Å². The van der Waals surface area contributed by atoms with Gasteiger partial charge in [-0.3, -0.25) is 0 Å². The zero-order chi connectivity index (χ0) is 36.1. The largest absolute Gasteiger partial charge is 0.407 e. The zero-order valence-electron chi connectivity index (χ0n) is 31.2. The van der Waals surface area contributed by atoms with E-state index in [1.165, 1.54) is 10.4 Å². The van der Waals surface area contributed by atoms with Gasteiger partial charge in [0.1, 0.15) is 6.10 Å². The third kappa shape index (κ3) is 10.5. The molecule has 0 saturated carbocycles. The zero-order valence-corrected chi connectivity index (χ0v) is 33.2. The van der Waals surface area contributed by atoms with E-state index in [4.69, 9.17) is 13.6 Å². The minimum Gasteiger partial charge on any atom is -0.407 e. The van der Waals surface area contributed by atoms with Crippen LogP contribution in [0.3, 0.4) is 0 Å². The summed E-state index contributed by atoms with van der Waals surface area (Å²) in [5.74, 6) is 0. The molecular weight excluding hydrogens is 643 g/mol. The van der Waals surface area contributed by atoms with E-state index in [2.05, 4.69) is 96.1 Å². The molecule has 49 heavy (non-hydrogen) atoms. The topological polar surface area (TPSA) is 91.9 Å². The molecule has 8 heteroatoms. The van der Waals surface area contributed by atoms with Crippen molar-refractivity contribution in [2.24, 2.45) is 5.41 Å². The standard InChI is InChI=1S/C41H61NO5Si2/c1-9-48(10-2,11-3)47-39(31-42)41(7,8)38(44)30-35(45-32-33-21-15-12-16-22-33)29-34(43)27-28-46-49(40(4,5)6,36-23-17-13-18-24-36)37-25-19-14-20-26-37/h12-26,34-35,38-39,43-44H,9-11,27-30,32H2,1-8H3/t34-,35+,38-,39?/m0/s1. The molecule has 0 fully saturated rings. The Balaban J connectivity index is 1.80. The fourth-order valence-corrected chi connectivity index (χ4v) is 14.3. The molecule has 1 unspecified atom stereocenters. The van der Waals surface area contributed by atoms with Crippen LogP contribution in [0.1, 0.15) is 80.2 Å². The number of rotatable bonds is 20. The molecule has 0 aliphatic carbocycles. The van der Waals surface area contributed by atoms with Gasteiger partial charge in [-0.2, -0.15) is 5.26 Å². The fourth-order valence-electron chi connectivity index (χ4n) is 6.87. The van der Waals surface area contributed by atoms with Gasteiger partial charge in [0, 0.05) is 18.4 Å². The molecule has 0 heterocycles. The lowest BCUT2D eigenvalue weighted by Gasteiger charge is -2.43. The highest BCUT2D eigenvalue weighted by Gasteiger charge is 2.50. The maximum Gasteiger partial charge on any atom is 0.261 e. The van der Waals surface area contributed by atoms with E-state index in [1.54, 1.807) is 0 Å². The summed E-state index contributed by atoms with van der Waals surface area (Å²) in [6, 6.07) is 36.1. The summed E-state index contributed by atoms with van der Waals surface area (Å²) >= 11 is 0. The molecule has 0 aromatic heterocycles. The molecule has 0 amide bonds. The first-order chi connectivity index (χ1) is 23.3. The summed E-state index contributed by atoms with van der Waals surface area (Å²) in [5, 5.41) is 35.7. The Morgan fingerprint density at radius 2 is 1.22 bits per heavy atom. The van der Waals surface area contributed by atoms with E-state index in [0.29, 0.717) is 26.1 Å². The van der Waals surface area contributed by atoms with E-state index in [0.717, 1.165) is 23.7 Å². The average molecular weight is 704 g/mol. The van der Waals surface area contributed by atoms with E-state index in [1.807, 2.05) is 56.3 Å². The van der Waals surface area contributed by atoms with Crippen molar-refractivity contribution in [2.75, 3.05) is 6.61 Å². The van der Waals surface area contributed by atoms with Gasteiger partial charge in [-0.1, -0.05) is 146 Å². The first-order valence-electron chi connectivity index (χ1n) is 18.1. The maximum absolute atomic E-state index is 11.7. The SMILES string of the molecule is CC[Si](CC)(CC)OC(C#N)C(C)(C)[C@@H](O)C[C@@H](C[C@@H](O)CCO[Si](c1ccccc1)(c1ccccc1)C(C)(C)C)OCc1ccccc1. The van der Waals surface area contributed by atoms with Gasteiger partial charge in [-0.25, -0.2) is 0 Å². The van der Waals surface area contributed by atoms with Crippen LogP contribution in [0.25, 0.3) is 0 Å². The van der Waals surface area contributed by atoms with Crippen LogP contribution >= 0.6 is 0 Å². The van der Waals surface area contributed by atoms with Crippen molar-refractivity contribution in [1.29, 1.82) is 5.26 Å². The second-order valence-corrected chi connectivity index (χ2v) is 24.1. The summed E-state index contributed by atoms with van der Waals surface area (Å²) in [5.41, 5.74) is 0.187. The lowest BCUT2D eigenvalue weighted by molar-refractivity contribution is -0.0711. The van der Waals surface area contributed by atoms with Gasteiger partial charge in [0.05, 0.1) is 31.0 Å². The number of aliphatic hydroxyl groups is 2. The Morgan fingerprint density at radius 1 is 0.735 bits per heavy atom. The highest BCUT2D eigenvalue weighted by Crippen LogP contribution is 2.38. The average Bonchev–Trinajstić information content (AvgIpc) is 3.10. The molecule has 268 valence electrons. The molecular formula is C41H61NO5Si2. The van der Waals surface area contributed by atoms with Crippen LogP contribution in [-0.2, 0) is 20.2 Å². The number of hydrogen-bond acceptors (Lipinski definition) is 6. The van der Waals surface area contributed by atoms with Gasteiger partial charge >= 0.3 is 0 Å². The summed E-state index contributed by atoms with van der Waals surface area (Å²) in [7, 11) is -4.83. The highest BCUT2D eigenvalue weighted by molar-refractivity contribution is 6.99. The summed E-state index contributed by atoms with van der Waals surface area (Å²) in [4.78, 5) is 0. The quantitative estimate of drug-likeness (QED) is 0.116. The van der Waals surface area contributed by atoms with Crippen LogP contribution in [0.2, 0.25) is 23.2 Å². The van der Waals surface area contributed by atoms with Crippen molar-refractivity contribution in [1.82, 2.24) is 0 Å². The monoisotopic (exact) mass is 703 g/mol. The van der Waals surface area contributed by atoms with E-state index >= 15 is 0 Å². The van der Waals surface area contributed by atoms with Crippen LogP contribution in [0.4, 0.5) is 0 Å². The van der Waals surface area contributed by atoms with Gasteiger partial charge < -0.3 is 23.8 Å². The predicted octanol–water partition coefficient (Wildman–Crippen LogP) is 7.98. The van der Waals surface area contributed by atoms with Crippen LogP contribution in [0.5, 0.6) is 0 Å². The summed E-state index contributed by atoms with van der Waals surface area (Å²) in [6.07, 6.45) is -1.74. The van der Waals surface area contributed by atoms with E-state index in [-0.39, 0.29) is 11.5 Å². The second-order valence-electron chi connectivity index (χ2n) is 15.1. The number of aliphatic hydroxyl groups excluding tert-OH is 2. The molecule has 0 saturated heterocycles. The molecule has 3 aromatic carbocycles. The molecule has 4 atom stereocenters. The lowest BCUT2D eigenvalue weighted by atomic mass is 9.78. The van der Waals surface area contributed by atoms with Gasteiger partial charge in [-0.15, -0.1) is 0 Å². The van der Waals surface area contributed by atoms with Crippen molar-refractivity contribution in [3.63, 3.8) is 0 Å². The molecule has 3 rings (SSSR count). The van der Waals surface area contributed by atoms with Crippen LogP contribution in [0, 0.1) is 16.7 Å². The summed E-state index contributed by atoms with van der Waals surface area (Å²) < 4.78 is 20.1. The first kappa shape index (κ1) is 40.8. The first-order valence-corrected chi connectivity index (χ1v) is 22.6. The Labute approximate surface area is 298 Å². The normalized spacial score (nSPS) is 15.3. The Bertz CT molecular complexity index is 1360. The number of hydrogen-bond donors (Lipinski definition) is 2. The Kier molecular flexibility index (Phi) is 15.5. The molecule has 0 aliphatic rings. The molecule has 0 radical (unpaired) electrons. The predicted molar refractivity (Wildman–Crippen MR) is 206 cm³/mol. The van der Waals surface area contributed by atoms with Gasteiger partial charge in [0.25, 0.3) is 8.32 Å². The van der Waals surface area contributed by atoms with Crippen LogP contribution < -0.4 is 10.4 Å². The molecule has 0 bridgehead atoms. The minimum atomic E-state index is -2.74. The second kappa shape index (κ2) is 18.6. The number of nitriles is 1. The highest BCUT2D eigenvalue weighted by atomic mass is 28.4. The minimum absolute atomic E-state index is 0.162. The van der Waals surface area contributed by atoms with Gasteiger partial charge in [0.15, 0.2) is 8.32 Å². The van der Waals surface area contributed by atoms with Crippen molar-refractivity contribution in [3.05, 3.63) is 96.6 Å². The van der Waals surface area contributed by atoms with Crippen LogP contribution in [0.15, 0.2) is 91.0 Å². The Hall–Kier alpha value is -2.62. The number of ether oxygens (including phenoxy) is 1. The maximum atomic E-state index is 11.7. The van der Waals surface area contributed by atoms with Crippen molar-refractivity contribution in [3.8, 4) is 6.07 Å². The third-order valence-corrected chi connectivity index (χ3v) is 20.1. The fraction of sp³-hybridized carbons (Fsp3) is 0.537. The smallest absolute Gasteiger partial charge is 0.261 e. The summed E-state index contributed by atoms with van der Waals surface area (Å²) in [6.45, 7) is 17.7. The molecule has 0 spiro atoms. The third-order valence-electron chi connectivity index (χ3n) is 10.5. The van der Waals surface area contributed by atoms with Gasteiger partial charge in [0.2, 0.25) is 0 Å². The van der Waals surface area contributed by atoms with E-state index < -0.39 is 46.5 Å². The van der Waals surface area contributed by atoms with Gasteiger partial charge in [-0.05, 0) is 51.9 Å². The number of nitrogens with zero attached hydrogens (tertiary/aromatic N) is 1. The number of benzene rings is 3. The van der Waals surface area contributed by atoms with Crippen molar-refractivity contribution >= 4 is 27.0 Å².